The smallest absolute Gasteiger partial charge is 0.290 e. The second-order valence-corrected chi connectivity index (χ2v) is 11.7. The van der Waals surface area contributed by atoms with Crippen LogP contribution in [0.4, 0.5) is 14.5 Å². The number of fused-ring (bicyclic) bond motifs is 1. The minimum atomic E-state index is -2.94. The number of likely N-dealkylation sites (tertiary alicyclic amines) is 1. The fourth-order valence-electron chi connectivity index (χ4n) is 5.78. The molecule has 2 N–H and O–H groups in total. The van der Waals surface area contributed by atoms with Crippen LogP contribution >= 0.6 is 0 Å². The predicted octanol–water partition coefficient (Wildman–Crippen LogP) is 2.58. The zero-order chi connectivity index (χ0) is 27.7. The van der Waals surface area contributed by atoms with Gasteiger partial charge in [0, 0.05) is 74.8 Å². The molecule has 2 amide bonds. The fourth-order valence-corrected chi connectivity index (χ4v) is 5.78. The van der Waals surface area contributed by atoms with Gasteiger partial charge in [0.25, 0.3) is 12.4 Å². The number of hydrogen-bond donors (Lipinski definition) is 2. The van der Waals surface area contributed by atoms with Gasteiger partial charge in [-0.1, -0.05) is 13.8 Å². The lowest BCUT2D eigenvalue weighted by atomic mass is 9.91. The number of anilines is 1. The highest BCUT2D eigenvalue weighted by Gasteiger charge is 2.44. The van der Waals surface area contributed by atoms with Gasteiger partial charge in [0.05, 0.1) is 17.9 Å². The molecule has 0 aromatic carbocycles. The van der Waals surface area contributed by atoms with Crippen LogP contribution in [0.25, 0.3) is 0 Å². The third-order valence-electron chi connectivity index (χ3n) is 7.99. The zero-order valence-electron chi connectivity index (χ0n) is 22.5. The van der Waals surface area contributed by atoms with Crippen LogP contribution in [0.15, 0.2) is 12.3 Å². The van der Waals surface area contributed by atoms with Gasteiger partial charge >= 0.3 is 0 Å². The average molecular weight is 536 g/mol. The summed E-state index contributed by atoms with van der Waals surface area (Å²) in [5.41, 5.74) is 0.708. The number of carbonyl (C=O) groups excluding carboxylic acids is 2. The number of hydrogen-bond acceptors (Lipinski definition) is 6. The highest BCUT2D eigenvalue weighted by Crippen LogP contribution is 2.46. The van der Waals surface area contributed by atoms with E-state index < -0.39 is 11.3 Å². The number of pyridine rings is 1. The molecule has 4 aliphatic rings. The number of rotatable bonds is 7. The van der Waals surface area contributed by atoms with E-state index in [0.717, 1.165) is 25.8 Å². The van der Waals surface area contributed by atoms with Gasteiger partial charge in [-0.2, -0.15) is 0 Å². The molecule has 5 rings (SSSR count). The van der Waals surface area contributed by atoms with Gasteiger partial charge in [0.15, 0.2) is 0 Å². The van der Waals surface area contributed by atoms with Crippen molar-refractivity contribution in [2.24, 2.45) is 5.92 Å². The van der Waals surface area contributed by atoms with Crippen LogP contribution in [0.5, 0.6) is 0 Å². The van der Waals surface area contributed by atoms with Crippen molar-refractivity contribution in [2.75, 3.05) is 44.2 Å². The number of aromatic nitrogens is 1. The molecule has 1 saturated carbocycles. The molecule has 2 saturated heterocycles. The van der Waals surface area contributed by atoms with E-state index in [4.69, 9.17) is 9.90 Å². The Morgan fingerprint density at radius 1 is 1.34 bits per heavy atom. The van der Waals surface area contributed by atoms with E-state index in [-0.39, 0.29) is 54.8 Å². The number of halogens is 2. The van der Waals surface area contributed by atoms with Crippen molar-refractivity contribution in [3.8, 4) is 0 Å². The van der Waals surface area contributed by atoms with Gasteiger partial charge in [0.1, 0.15) is 0 Å². The third-order valence-corrected chi connectivity index (χ3v) is 7.99. The van der Waals surface area contributed by atoms with Crippen molar-refractivity contribution in [3.63, 3.8) is 0 Å². The predicted molar refractivity (Wildman–Crippen MR) is 138 cm³/mol. The Bertz CT molecular complexity index is 1050. The van der Waals surface area contributed by atoms with Crippen LogP contribution in [0.1, 0.15) is 64.1 Å². The maximum Gasteiger partial charge on any atom is 0.290 e. The first-order valence-electron chi connectivity index (χ1n) is 13.5. The first-order valence-corrected chi connectivity index (χ1v) is 13.5. The average Bonchev–Trinajstić information content (AvgIpc) is 3.49. The topological polar surface area (TPSA) is 106 Å². The molecule has 38 heavy (non-hydrogen) atoms. The monoisotopic (exact) mass is 535 g/mol. The molecular weight excluding hydrogens is 496 g/mol. The molecule has 0 radical (unpaired) electrons. The summed E-state index contributed by atoms with van der Waals surface area (Å²) in [6.45, 7) is 9.23. The van der Waals surface area contributed by atoms with Gasteiger partial charge in [-0.25, -0.2) is 8.78 Å². The van der Waals surface area contributed by atoms with E-state index >= 15 is 0 Å². The molecule has 1 aromatic rings. The summed E-state index contributed by atoms with van der Waals surface area (Å²) in [5, 5.41) is 10.4. The lowest BCUT2D eigenvalue weighted by Gasteiger charge is -2.41. The van der Waals surface area contributed by atoms with E-state index in [0.29, 0.717) is 44.0 Å². The van der Waals surface area contributed by atoms with Crippen LogP contribution in [-0.2, 0) is 25.7 Å². The van der Waals surface area contributed by atoms with E-state index in [2.05, 4.69) is 22.1 Å². The lowest BCUT2D eigenvalue weighted by Crippen LogP contribution is -2.60. The molecule has 1 aliphatic carbocycles. The van der Waals surface area contributed by atoms with Crippen LogP contribution in [-0.4, -0.2) is 89.5 Å². The normalized spacial score (nSPS) is 25.1. The first kappa shape index (κ1) is 28.4. The quantitative estimate of drug-likeness (QED) is 0.517. The Labute approximate surface area is 222 Å². The van der Waals surface area contributed by atoms with Crippen LogP contribution < -0.4 is 10.2 Å². The molecule has 3 fully saturated rings. The summed E-state index contributed by atoms with van der Waals surface area (Å²) >= 11 is 0. The van der Waals surface area contributed by atoms with Crippen molar-refractivity contribution in [3.05, 3.63) is 23.5 Å². The van der Waals surface area contributed by atoms with Crippen molar-refractivity contribution in [1.82, 2.24) is 20.1 Å². The summed E-state index contributed by atoms with van der Waals surface area (Å²) in [7, 11) is 0. The fraction of sp³-hybridized carbons (Fsp3) is 0.704. The molecule has 210 valence electrons. The molecule has 3 aliphatic heterocycles. The van der Waals surface area contributed by atoms with Crippen molar-refractivity contribution in [1.29, 1.82) is 0 Å². The van der Waals surface area contributed by atoms with Crippen LogP contribution in [0, 0.1) is 5.92 Å². The highest BCUT2D eigenvalue weighted by molar-refractivity contribution is 5.97. The van der Waals surface area contributed by atoms with E-state index in [1.165, 1.54) is 12.3 Å². The molecular formula is C27H39F2N5O4. The summed E-state index contributed by atoms with van der Waals surface area (Å²) < 4.78 is 29.9. The van der Waals surface area contributed by atoms with Gasteiger partial charge in [-0.3, -0.25) is 24.3 Å². The molecule has 11 heteroatoms. The Hall–Kier alpha value is -2.66. The number of nitrogens with one attached hydrogen (secondary N) is 1. The van der Waals surface area contributed by atoms with Crippen molar-refractivity contribution in [2.45, 2.75) is 76.3 Å². The minimum absolute atomic E-state index is 0.0413. The standard InChI is InChI=1S/C26H37F2N5O2.CH2O2/c1-17-13-32(20(12-29-17)14-31-8-4-5-22(31)34)15-23(35)33-16-25(2,3)24-21(33)9-19(11-30-24)26(27,28)10-18-6-7-18;2-1-3/h9,11,17-18,20,29H,4-8,10,12-16H2,1-3H3;1H,(H,2,3)/t17-,20-;/m1./s1. The van der Waals surface area contributed by atoms with Crippen molar-refractivity contribution < 1.29 is 28.3 Å². The number of piperazine rings is 1. The molecule has 0 spiro atoms. The minimum Gasteiger partial charge on any atom is -0.483 e. The Balaban J connectivity index is 0.00000107. The van der Waals surface area contributed by atoms with Gasteiger partial charge in [-0.05, 0) is 38.2 Å². The zero-order valence-corrected chi connectivity index (χ0v) is 22.5. The Kier molecular flexibility index (Phi) is 8.37. The summed E-state index contributed by atoms with van der Waals surface area (Å²) in [6.07, 6.45) is 4.35. The Morgan fingerprint density at radius 2 is 2.05 bits per heavy atom. The Morgan fingerprint density at radius 3 is 2.68 bits per heavy atom. The molecule has 1 aromatic heterocycles. The number of carboxylic acid groups (broad SMARTS) is 1. The molecule has 2 atom stereocenters. The van der Waals surface area contributed by atoms with E-state index in [1.807, 2.05) is 18.7 Å². The van der Waals surface area contributed by atoms with Crippen molar-refractivity contribution >= 4 is 24.0 Å². The van der Waals surface area contributed by atoms with E-state index in [1.54, 1.807) is 4.90 Å². The third kappa shape index (κ3) is 6.31. The van der Waals surface area contributed by atoms with Gasteiger partial charge in [-0.15, -0.1) is 0 Å². The molecule has 0 bridgehead atoms. The van der Waals surface area contributed by atoms with Crippen LogP contribution in [0.3, 0.4) is 0 Å². The van der Waals surface area contributed by atoms with Gasteiger partial charge < -0.3 is 20.2 Å². The van der Waals surface area contributed by atoms with Crippen LogP contribution in [0.2, 0.25) is 0 Å². The highest BCUT2D eigenvalue weighted by atomic mass is 19.3. The second-order valence-electron chi connectivity index (χ2n) is 11.7. The summed E-state index contributed by atoms with van der Waals surface area (Å²) in [4.78, 5) is 44.3. The van der Waals surface area contributed by atoms with E-state index in [9.17, 15) is 18.4 Å². The number of carbonyl (C=O) groups is 3. The number of nitrogens with zero attached hydrogens (tertiary/aromatic N) is 4. The molecule has 9 nitrogen and oxygen atoms in total. The number of amides is 2. The summed E-state index contributed by atoms with van der Waals surface area (Å²) in [5.74, 6) is -2.78. The molecule has 0 unspecified atom stereocenters. The maximum atomic E-state index is 14.9. The maximum absolute atomic E-state index is 14.9. The first-order chi connectivity index (χ1) is 17.9. The summed E-state index contributed by atoms with van der Waals surface area (Å²) in [6, 6.07) is 1.77. The SMILES string of the molecule is C[C@@H]1CN(CC(=O)N2CC(C)(C)c3ncc(C(F)(F)CC4CC4)cc32)[C@@H](CN2CCCC2=O)CN1.O=CO. The second kappa shape index (κ2) is 11.2. The molecule has 4 heterocycles. The largest absolute Gasteiger partial charge is 0.483 e. The van der Waals surface area contributed by atoms with Gasteiger partial charge in [0.2, 0.25) is 11.8 Å². The number of alkyl halides is 2. The lowest BCUT2D eigenvalue weighted by molar-refractivity contribution is -0.128.